The second-order valence-electron chi connectivity index (χ2n) is 5.14. The first-order valence-corrected chi connectivity index (χ1v) is 7.27. The van der Waals surface area contributed by atoms with Gasteiger partial charge in [-0.2, -0.15) is 0 Å². The largest absolute Gasteiger partial charge is 0.388 e. The molecule has 0 amide bonds. The van der Waals surface area contributed by atoms with Gasteiger partial charge in [0.25, 0.3) is 0 Å². The summed E-state index contributed by atoms with van der Waals surface area (Å²) in [6.45, 7) is 6.24. The summed E-state index contributed by atoms with van der Waals surface area (Å²) in [5.74, 6) is 0. The third-order valence-electron chi connectivity index (χ3n) is 3.59. The fourth-order valence-corrected chi connectivity index (χ4v) is 2.75. The van der Waals surface area contributed by atoms with Crippen LogP contribution in [0, 0.1) is 20.8 Å². The molecule has 19 heavy (non-hydrogen) atoms. The summed E-state index contributed by atoms with van der Waals surface area (Å²) in [7, 11) is 0. The Morgan fingerprint density at radius 2 is 1.68 bits per heavy atom. The van der Waals surface area contributed by atoms with Gasteiger partial charge in [0.15, 0.2) is 0 Å². The van der Waals surface area contributed by atoms with Crippen LogP contribution in [0.15, 0.2) is 40.9 Å². The zero-order chi connectivity index (χ0) is 14.0. The first-order chi connectivity index (χ1) is 8.97. The van der Waals surface area contributed by atoms with Gasteiger partial charge in [0.1, 0.15) is 0 Å². The SMILES string of the molecule is Cc1ccc(CC(O)c2ccc(Br)cc2C)cc1C. The number of benzene rings is 2. The van der Waals surface area contributed by atoms with Gasteiger partial charge in [0.2, 0.25) is 0 Å². The Labute approximate surface area is 123 Å². The molecule has 0 bridgehead atoms. The number of aryl methyl sites for hydroxylation is 3. The van der Waals surface area contributed by atoms with Crippen molar-refractivity contribution in [1.82, 2.24) is 0 Å². The summed E-state index contributed by atoms with van der Waals surface area (Å²) in [5.41, 5.74) is 5.86. The van der Waals surface area contributed by atoms with Gasteiger partial charge in [-0.1, -0.05) is 40.2 Å². The minimum atomic E-state index is -0.449. The van der Waals surface area contributed by atoms with Crippen molar-refractivity contribution < 1.29 is 5.11 Å². The van der Waals surface area contributed by atoms with E-state index in [1.165, 1.54) is 16.7 Å². The molecule has 0 aromatic heterocycles. The van der Waals surface area contributed by atoms with Gasteiger partial charge < -0.3 is 5.11 Å². The van der Waals surface area contributed by atoms with Crippen LogP contribution in [0.3, 0.4) is 0 Å². The molecule has 0 saturated heterocycles. The average molecular weight is 319 g/mol. The third-order valence-corrected chi connectivity index (χ3v) is 4.08. The summed E-state index contributed by atoms with van der Waals surface area (Å²) < 4.78 is 1.05. The number of hydrogen-bond donors (Lipinski definition) is 1. The summed E-state index contributed by atoms with van der Waals surface area (Å²) in [4.78, 5) is 0. The van der Waals surface area contributed by atoms with Crippen LogP contribution in [0.25, 0.3) is 0 Å². The van der Waals surface area contributed by atoms with Crippen molar-refractivity contribution >= 4 is 15.9 Å². The molecule has 0 saturated carbocycles. The van der Waals surface area contributed by atoms with E-state index in [0.29, 0.717) is 6.42 Å². The lowest BCUT2D eigenvalue weighted by Gasteiger charge is -2.15. The van der Waals surface area contributed by atoms with E-state index in [-0.39, 0.29) is 0 Å². The normalized spacial score (nSPS) is 12.5. The number of rotatable bonds is 3. The number of hydrogen-bond acceptors (Lipinski definition) is 1. The molecule has 2 aromatic rings. The minimum Gasteiger partial charge on any atom is -0.388 e. The van der Waals surface area contributed by atoms with Gasteiger partial charge in [-0.15, -0.1) is 0 Å². The van der Waals surface area contributed by atoms with E-state index in [1.54, 1.807) is 0 Å². The Bertz CT molecular complexity index is 590. The quantitative estimate of drug-likeness (QED) is 0.873. The monoisotopic (exact) mass is 318 g/mol. The van der Waals surface area contributed by atoms with Crippen LogP contribution in [-0.4, -0.2) is 5.11 Å². The lowest BCUT2D eigenvalue weighted by atomic mass is 9.96. The molecule has 1 N–H and O–H groups in total. The second kappa shape index (κ2) is 5.89. The van der Waals surface area contributed by atoms with Crippen LogP contribution in [0.2, 0.25) is 0 Å². The summed E-state index contributed by atoms with van der Waals surface area (Å²) >= 11 is 3.45. The molecular formula is C17H19BrO. The third kappa shape index (κ3) is 3.46. The smallest absolute Gasteiger partial charge is 0.0832 e. The molecule has 1 nitrogen and oxygen atoms in total. The van der Waals surface area contributed by atoms with Gasteiger partial charge in [-0.05, 0) is 60.7 Å². The van der Waals surface area contributed by atoms with Crippen LogP contribution in [0.5, 0.6) is 0 Å². The molecule has 2 heteroatoms. The molecule has 1 atom stereocenters. The van der Waals surface area contributed by atoms with E-state index in [1.807, 2.05) is 25.1 Å². The van der Waals surface area contributed by atoms with Crippen molar-refractivity contribution in [2.24, 2.45) is 0 Å². The lowest BCUT2D eigenvalue weighted by molar-refractivity contribution is 0.177. The molecular weight excluding hydrogens is 300 g/mol. The highest BCUT2D eigenvalue weighted by Crippen LogP contribution is 2.25. The molecule has 100 valence electrons. The summed E-state index contributed by atoms with van der Waals surface area (Å²) in [6, 6.07) is 12.4. The van der Waals surface area contributed by atoms with Crippen LogP contribution >= 0.6 is 15.9 Å². The van der Waals surface area contributed by atoms with Crippen molar-refractivity contribution in [3.8, 4) is 0 Å². The van der Waals surface area contributed by atoms with Crippen LogP contribution in [0.1, 0.15) is 33.9 Å². The molecule has 0 aliphatic heterocycles. The molecule has 0 heterocycles. The molecule has 0 aliphatic rings. The average Bonchev–Trinajstić information content (AvgIpc) is 2.33. The highest BCUT2D eigenvalue weighted by atomic mass is 79.9. The Morgan fingerprint density at radius 1 is 0.947 bits per heavy atom. The fourth-order valence-electron chi connectivity index (χ4n) is 2.28. The van der Waals surface area contributed by atoms with E-state index in [9.17, 15) is 5.11 Å². The maximum absolute atomic E-state index is 10.4. The van der Waals surface area contributed by atoms with E-state index in [2.05, 4.69) is 48.0 Å². The van der Waals surface area contributed by atoms with E-state index < -0.39 is 6.10 Å². The fraction of sp³-hybridized carbons (Fsp3) is 0.294. The van der Waals surface area contributed by atoms with Crippen LogP contribution in [-0.2, 0) is 6.42 Å². The molecule has 0 spiro atoms. The predicted octanol–water partition coefficient (Wildman–Crippen LogP) is 4.65. The standard InChI is InChI=1S/C17H19BrO/c1-11-4-5-14(8-12(11)2)10-17(19)16-7-6-15(18)9-13(16)3/h4-9,17,19H,10H2,1-3H3. The minimum absolute atomic E-state index is 0.449. The van der Waals surface area contributed by atoms with Crippen molar-refractivity contribution in [2.45, 2.75) is 33.3 Å². The molecule has 2 rings (SSSR count). The van der Waals surface area contributed by atoms with Gasteiger partial charge in [-0.25, -0.2) is 0 Å². The first kappa shape index (κ1) is 14.3. The van der Waals surface area contributed by atoms with E-state index >= 15 is 0 Å². The van der Waals surface area contributed by atoms with Crippen LogP contribution < -0.4 is 0 Å². The highest BCUT2D eigenvalue weighted by molar-refractivity contribution is 9.10. The zero-order valence-electron chi connectivity index (χ0n) is 11.6. The second-order valence-corrected chi connectivity index (χ2v) is 6.06. The van der Waals surface area contributed by atoms with E-state index in [4.69, 9.17) is 0 Å². The Balaban J connectivity index is 2.20. The first-order valence-electron chi connectivity index (χ1n) is 6.47. The van der Waals surface area contributed by atoms with Crippen molar-refractivity contribution in [3.05, 3.63) is 68.7 Å². The van der Waals surface area contributed by atoms with Crippen LogP contribution in [0.4, 0.5) is 0 Å². The lowest BCUT2D eigenvalue weighted by Crippen LogP contribution is -2.04. The highest BCUT2D eigenvalue weighted by Gasteiger charge is 2.11. The van der Waals surface area contributed by atoms with Crippen molar-refractivity contribution in [2.75, 3.05) is 0 Å². The zero-order valence-corrected chi connectivity index (χ0v) is 13.2. The Hall–Kier alpha value is -1.12. The predicted molar refractivity (Wildman–Crippen MR) is 83.5 cm³/mol. The number of aliphatic hydroxyl groups excluding tert-OH is 1. The molecule has 0 fully saturated rings. The number of aliphatic hydroxyl groups is 1. The summed E-state index contributed by atoms with van der Waals surface area (Å²) in [6.07, 6.45) is 0.207. The summed E-state index contributed by atoms with van der Waals surface area (Å²) in [5, 5.41) is 10.4. The molecule has 1 unspecified atom stereocenters. The topological polar surface area (TPSA) is 20.2 Å². The number of halogens is 1. The van der Waals surface area contributed by atoms with Crippen molar-refractivity contribution in [1.29, 1.82) is 0 Å². The van der Waals surface area contributed by atoms with Gasteiger partial charge in [0, 0.05) is 10.9 Å². The molecule has 0 aliphatic carbocycles. The molecule has 2 aromatic carbocycles. The Kier molecular flexibility index (Phi) is 4.43. The van der Waals surface area contributed by atoms with E-state index in [0.717, 1.165) is 15.6 Å². The van der Waals surface area contributed by atoms with Gasteiger partial charge in [0.05, 0.1) is 6.10 Å². The maximum atomic E-state index is 10.4. The van der Waals surface area contributed by atoms with Crippen molar-refractivity contribution in [3.63, 3.8) is 0 Å². The van der Waals surface area contributed by atoms with Gasteiger partial charge in [-0.3, -0.25) is 0 Å². The van der Waals surface area contributed by atoms with Gasteiger partial charge >= 0.3 is 0 Å². The molecule has 0 radical (unpaired) electrons. The maximum Gasteiger partial charge on any atom is 0.0832 e. The Morgan fingerprint density at radius 3 is 2.32 bits per heavy atom.